The lowest BCUT2D eigenvalue weighted by atomic mass is 10.1. The Bertz CT molecular complexity index is 442. The number of hydrogen-bond acceptors (Lipinski definition) is 3. The van der Waals surface area contributed by atoms with Gasteiger partial charge >= 0.3 is 0 Å². The Balaban J connectivity index is 2.02. The van der Waals surface area contributed by atoms with E-state index >= 15 is 0 Å². The van der Waals surface area contributed by atoms with Crippen LogP contribution in [-0.2, 0) is 6.54 Å². The molecule has 0 amide bonds. The molecule has 1 atom stereocenters. The Morgan fingerprint density at radius 1 is 1.39 bits per heavy atom. The molecule has 0 radical (unpaired) electrons. The zero-order valence-corrected chi connectivity index (χ0v) is 10.7. The summed E-state index contributed by atoms with van der Waals surface area (Å²) in [5, 5.41) is 11.8. The number of halogens is 2. The van der Waals surface area contributed by atoms with Crippen LogP contribution >= 0.6 is 11.8 Å². The summed E-state index contributed by atoms with van der Waals surface area (Å²) in [6, 6.07) is 4.21. The maximum atomic E-state index is 13.6. The molecular weight excluding hydrogens is 254 g/mol. The molecule has 1 aromatic rings. The highest BCUT2D eigenvalue weighted by atomic mass is 32.2. The van der Waals surface area contributed by atoms with Crippen LogP contribution < -0.4 is 5.32 Å². The maximum absolute atomic E-state index is 13.6. The average Bonchev–Trinajstić information content (AvgIpc) is 2.38. The third kappa shape index (κ3) is 3.21. The van der Waals surface area contributed by atoms with E-state index in [-0.39, 0.29) is 17.7 Å². The third-order valence-corrected chi connectivity index (χ3v) is 4.21. The quantitative estimate of drug-likeness (QED) is 0.915. The minimum atomic E-state index is -0.650. The summed E-state index contributed by atoms with van der Waals surface area (Å²) in [7, 11) is 0. The summed E-state index contributed by atoms with van der Waals surface area (Å²) >= 11 is 1.86. The number of nitrogens with zero attached hydrogens (tertiary/aromatic N) is 1. The molecule has 1 aliphatic rings. The van der Waals surface area contributed by atoms with E-state index in [2.05, 4.69) is 5.32 Å². The first kappa shape index (κ1) is 13.3. The van der Waals surface area contributed by atoms with Gasteiger partial charge in [-0.3, -0.25) is 0 Å². The van der Waals surface area contributed by atoms with Crippen molar-refractivity contribution in [3.8, 4) is 6.07 Å². The average molecular weight is 268 g/mol. The smallest absolute Gasteiger partial charge is 0.131 e. The van der Waals surface area contributed by atoms with Gasteiger partial charge in [-0.2, -0.15) is 17.0 Å². The lowest BCUT2D eigenvalue weighted by Crippen LogP contribution is -2.33. The van der Waals surface area contributed by atoms with Crippen molar-refractivity contribution >= 4 is 11.8 Å². The second-order valence-corrected chi connectivity index (χ2v) is 5.48. The van der Waals surface area contributed by atoms with Crippen molar-refractivity contribution in [3.05, 3.63) is 34.9 Å². The minimum absolute atomic E-state index is 0.0157. The second kappa shape index (κ2) is 6.17. The molecule has 1 saturated heterocycles. The summed E-state index contributed by atoms with van der Waals surface area (Å²) < 4.78 is 27.2. The monoisotopic (exact) mass is 268 g/mol. The van der Waals surface area contributed by atoms with Gasteiger partial charge in [0, 0.05) is 23.9 Å². The molecule has 5 heteroatoms. The van der Waals surface area contributed by atoms with Crippen molar-refractivity contribution < 1.29 is 8.78 Å². The predicted octanol–water partition coefficient (Wildman–Crippen LogP) is 2.82. The van der Waals surface area contributed by atoms with E-state index < -0.39 is 11.6 Å². The zero-order valence-electron chi connectivity index (χ0n) is 9.88. The van der Waals surface area contributed by atoms with Crippen LogP contribution in [0.25, 0.3) is 0 Å². The van der Waals surface area contributed by atoms with Gasteiger partial charge in [-0.15, -0.1) is 0 Å². The van der Waals surface area contributed by atoms with E-state index in [9.17, 15) is 8.78 Å². The molecule has 1 N–H and O–H groups in total. The highest BCUT2D eigenvalue weighted by Crippen LogP contribution is 2.19. The van der Waals surface area contributed by atoms with Crippen LogP contribution in [0.5, 0.6) is 0 Å². The molecule has 2 nitrogen and oxygen atoms in total. The van der Waals surface area contributed by atoms with Crippen LogP contribution in [0.2, 0.25) is 0 Å². The molecule has 0 spiro atoms. The minimum Gasteiger partial charge on any atom is -0.309 e. The molecule has 1 aliphatic heterocycles. The van der Waals surface area contributed by atoms with Gasteiger partial charge in [0.05, 0.1) is 11.6 Å². The van der Waals surface area contributed by atoms with Crippen molar-refractivity contribution in [1.29, 1.82) is 5.26 Å². The molecule has 1 unspecified atom stereocenters. The zero-order chi connectivity index (χ0) is 13.0. The fraction of sp³-hybridized carbons (Fsp3) is 0.462. The number of thioether (sulfide) groups is 1. The van der Waals surface area contributed by atoms with Gasteiger partial charge in [0.1, 0.15) is 11.6 Å². The second-order valence-electron chi connectivity index (χ2n) is 4.33. The molecule has 0 aliphatic carbocycles. The van der Waals surface area contributed by atoms with Gasteiger partial charge in [0.25, 0.3) is 0 Å². The van der Waals surface area contributed by atoms with E-state index in [1.54, 1.807) is 6.07 Å². The molecule has 1 fully saturated rings. The molecule has 1 heterocycles. The third-order valence-electron chi connectivity index (χ3n) is 3.00. The number of hydrogen-bond donors (Lipinski definition) is 1. The molecule has 18 heavy (non-hydrogen) atoms. The van der Waals surface area contributed by atoms with Gasteiger partial charge in [-0.05, 0) is 30.7 Å². The maximum Gasteiger partial charge on any atom is 0.131 e. The van der Waals surface area contributed by atoms with E-state index in [1.165, 1.54) is 0 Å². The fourth-order valence-corrected chi connectivity index (χ4v) is 3.09. The van der Waals surface area contributed by atoms with E-state index in [1.807, 2.05) is 11.8 Å². The Morgan fingerprint density at radius 2 is 2.11 bits per heavy atom. The highest BCUT2D eigenvalue weighted by Gasteiger charge is 2.16. The molecule has 1 aromatic carbocycles. The van der Waals surface area contributed by atoms with Gasteiger partial charge in [-0.1, -0.05) is 0 Å². The number of benzene rings is 1. The lowest BCUT2D eigenvalue weighted by Gasteiger charge is -2.22. The predicted molar refractivity (Wildman–Crippen MR) is 68.3 cm³/mol. The first-order valence-electron chi connectivity index (χ1n) is 5.90. The summed E-state index contributed by atoms with van der Waals surface area (Å²) in [5.41, 5.74) is 0.0338. The molecule has 0 saturated carbocycles. The van der Waals surface area contributed by atoms with Crippen molar-refractivity contribution in [2.45, 2.75) is 25.4 Å². The van der Waals surface area contributed by atoms with E-state index in [0.29, 0.717) is 6.04 Å². The molecule has 2 rings (SSSR count). The Kier molecular flexibility index (Phi) is 4.56. The first-order chi connectivity index (χ1) is 8.70. The topological polar surface area (TPSA) is 35.8 Å². The van der Waals surface area contributed by atoms with Gasteiger partial charge in [-0.25, -0.2) is 8.78 Å². The largest absolute Gasteiger partial charge is 0.309 e. The summed E-state index contributed by atoms with van der Waals surface area (Å²) in [6.07, 6.45) is 2.19. The summed E-state index contributed by atoms with van der Waals surface area (Å²) in [6.45, 7) is 0.175. The Labute approximate surface area is 109 Å². The highest BCUT2D eigenvalue weighted by molar-refractivity contribution is 7.99. The summed E-state index contributed by atoms with van der Waals surface area (Å²) in [5.74, 6) is 0.849. The van der Waals surface area contributed by atoms with Crippen molar-refractivity contribution in [3.63, 3.8) is 0 Å². The van der Waals surface area contributed by atoms with Gasteiger partial charge < -0.3 is 5.32 Å². The number of nitriles is 1. The van der Waals surface area contributed by atoms with E-state index in [4.69, 9.17) is 5.26 Å². The van der Waals surface area contributed by atoms with Crippen LogP contribution in [0.4, 0.5) is 8.78 Å². The first-order valence-corrected chi connectivity index (χ1v) is 7.05. The van der Waals surface area contributed by atoms with E-state index in [0.717, 1.165) is 36.5 Å². The van der Waals surface area contributed by atoms with Crippen LogP contribution in [0.15, 0.2) is 12.1 Å². The number of rotatable bonds is 3. The van der Waals surface area contributed by atoms with Gasteiger partial charge in [0.15, 0.2) is 0 Å². The lowest BCUT2D eigenvalue weighted by molar-refractivity contribution is 0.478. The van der Waals surface area contributed by atoms with Crippen LogP contribution in [-0.4, -0.2) is 17.5 Å². The van der Waals surface area contributed by atoms with Crippen LogP contribution in [0, 0.1) is 23.0 Å². The van der Waals surface area contributed by atoms with Crippen LogP contribution in [0.1, 0.15) is 24.0 Å². The SMILES string of the molecule is N#Cc1cc(F)c(CNC2CCCSC2)c(F)c1. The Morgan fingerprint density at radius 3 is 2.67 bits per heavy atom. The molecule has 0 bridgehead atoms. The Hall–Kier alpha value is -1.12. The van der Waals surface area contributed by atoms with Gasteiger partial charge in [0.2, 0.25) is 0 Å². The number of nitrogens with one attached hydrogen (secondary N) is 1. The molecular formula is C13H14F2N2S. The normalized spacial score (nSPS) is 19.5. The molecule has 0 aromatic heterocycles. The molecule has 96 valence electrons. The van der Waals surface area contributed by atoms with Crippen molar-refractivity contribution in [2.75, 3.05) is 11.5 Å². The standard InChI is InChI=1S/C13H14F2N2S/c14-12-4-9(6-16)5-13(15)11(12)7-17-10-2-1-3-18-8-10/h4-5,10,17H,1-3,7-8H2. The van der Waals surface area contributed by atoms with Crippen molar-refractivity contribution in [1.82, 2.24) is 5.32 Å². The summed E-state index contributed by atoms with van der Waals surface area (Å²) in [4.78, 5) is 0. The van der Waals surface area contributed by atoms with Crippen molar-refractivity contribution in [2.24, 2.45) is 0 Å². The van der Waals surface area contributed by atoms with Crippen LogP contribution in [0.3, 0.4) is 0 Å². The fourth-order valence-electron chi connectivity index (χ4n) is 1.98.